The van der Waals surface area contributed by atoms with Crippen LogP contribution in [-0.2, 0) is 33.1 Å². The second-order valence-electron chi connectivity index (χ2n) is 18.6. The Morgan fingerprint density at radius 2 is 0.906 bits per heavy atom. The van der Waals surface area contributed by atoms with Crippen LogP contribution in [0.25, 0.3) is 34.4 Å². The molecule has 3 heteroatoms. The van der Waals surface area contributed by atoms with Crippen molar-refractivity contribution in [1.29, 1.82) is 0 Å². The van der Waals surface area contributed by atoms with Crippen LogP contribution in [0.5, 0.6) is 0 Å². The Bertz CT molecular complexity index is 1850. The Morgan fingerprint density at radius 1 is 0.528 bits per heavy atom. The minimum Gasteiger partial charge on any atom is -1.00 e. The predicted octanol–water partition coefficient (Wildman–Crippen LogP) is 8.92. The number of fused-ring (bicyclic) bond motifs is 3. The van der Waals surface area contributed by atoms with Gasteiger partial charge in [0.2, 0.25) is 0 Å². The van der Waals surface area contributed by atoms with Crippen molar-refractivity contribution >= 4 is 12.2 Å². The Kier molecular flexibility index (Phi) is 11.8. The third-order valence-corrected chi connectivity index (χ3v) is 30.1. The fourth-order valence-electron chi connectivity index (χ4n) is 11.2. The van der Waals surface area contributed by atoms with Gasteiger partial charge in [-0.1, -0.05) is 0 Å². The van der Waals surface area contributed by atoms with Gasteiger partial charge in [0.15, 0.2) is 0 Å². The molecular weight excluding hydrogens is 763 g/mol. The van der Waals surface area contributed by atoms with Crippen LogP contribution in [0, 0.1) is 10.8 Å². The molecule has 1 saturated heterocycles. The van der Waals surface area contributed by atoms with Crippen molar-refractivity contribution in [2.45, 2.75) is 121 Å². The van der Waals surface area contributed by atoms with E-state index in [-0.39, 0.29) is 35.6 Å². The van der Waals surface area contributed by atoms with E-state index in [2.05, 4.69) is 152 Å². The normalized spacial score (nSPS) is 23.0. The molecule has 0 N–H and O–H groups in total. The van der Waals surface area contributed by atoms with Gasteiger partial charge in [0.25, 0.3) is 0 Å². The Morgan fingerprint density at radius 3 is 1.25 bits per heavy atom. The van der Waals surface area contributed by atoms with E-state index in [9.17, 15) is 0 Å². The molecule has 4 aromatic carbocycles. The molecule has 0 aromatic heterocycles. The number of hydrogen-bond acceptors (Lipinski definition) is 0. The van der Waals surface area contributed by atoms with Crippen LogP contribution in [0.2, 0.25) is 7.25 Å². The summed E-state index contributed by atoms with van der Waals surface area (Å²) in [5.41, 5.74) is 18.7. The number of benzene rings is 4. The molecule has 4 atom stereocenters. The molecule has 1 heterocycles. The van der Waals surface area contributed by atoms with Crippen molar-refractivity contribution in [3.63, 3.8) is 0 Å². The number of aryl methyl sites for hydroxylation is 2. The van der Waals surface area contributed by atoms with Gasteiger partial charge in [0.05, 0.1) is 0 Å². The standard InChI is InChI=1S/2C22H25.C6H10.2ClH.Zr/c2*1-5-7-16-10-12-17(13-11-16)20-9-6-8-18-14-19(15-21(18)20)22(2,3)4;1-2-4-6-5-3-1;;;/h2*6,8-15H,5,7H2,1-4H3;1-2H,3-6H2;2*1H;/q;;;;;+2/p-2. The molecule has 1 saturated carbocycles. The first-order chi connectivity index (χ1) is 24.5. The van der Waals surface area contributed by atoms with Crippen LogP contribution < -0.4 is 24.8 Å². The van der Waals surface area contributed by atoms with Crippen LogP contribution in [0.3, 0.4) is 0 Å². The van der Waals surface area contributed by atoms with Crippen LogP contribution in [-0.4, -0.2) is 0 Å². The van der Waals surface area contributed by atoms with E-state index in [0.29, 0.717) is 7.25 Å². The number of hydrogen-bond donors (Lipinski definition) is 0. The minimum absolute atomic E-state index is 0. The summed E-state index contributed by atoms with van der Waals surface area (Å²) in [4.78, 5) is 0. The molecule has 1 aliphatic heterocycles. The largest absolute Gasteiger partial charge is 1.00 e. The molecule has 4 aliphatic rings. The third kappa shape index (κ3) is 6.87. The van der Waals surface area contributed by atoms with E-state index in [4.69, 9.17) is 0 Å². The summed E-state index contributed by atoms with van der Waals surface area (Å²) in [5.74, 6) is 0. The Balaban J connectivity index is 0.00000240. The van der Waals surface area contributed by atoms with Crippen molar-refractivity contribution in [2.24, 2.45) is 10.8 Å². The van der Waals surface area contributed by atoms with Gasteiger partial charge in [-0.2, -0.15) is 0 Å². The number of halogens is 2. The molecule has 4 unspecified atom stereocenters. The summed E-state index contributed by atoms with van der Waals surface area (Å²) < 4.78 is 3.18. The van der Waals surface area contributed by atoms with Crippen molar-refractivity contribution in [3.8, 4) is 22.3 Å². The van der Waals surface area contributed by atoms with Crippen LogP contribution in [0.4, 0.5) is 0 Å². The maximum atomic E-state index is 2.73. The quantitative estimate of drug-likeness (QED) is 0.167. The van der Waals surface area contributed by atoms with Crippen molar-refractivity contribution in [3.05, 3.63) is 129 Å². The van der Waals surface area contributed by atoms with Gasteiger partial charge in [-0.15, -0.1) is 0 Å². The molecule has 4 aromatic rings. The summed E-state index contributed by atoms with van der Waals surface area (Å²) in [6, 6.07) is 33.9. The maximum Gasteiger partial charge on any atom is -1.00 e. The van der Waals surface area contributed by atoms with Crippen LogP contribution >= 0.6 is 0 Å². The van der Waals surface area contributed by atoms with E-state index < -0.39 is 20.3 Å². The summed E-state index contributed by atoms with van der Waals surface area (Å²) in [6.45, 7) is 19.7. The van der Waals surface area contributed by atoms with Gasteiger partial charge < -0.3 is 24.8 Å². The molecule has 0 amide bonds. The molecule has 0 spiro atoms. The predicted molar refractivity (Wildman–Crippen MR) is 218 cm³/mol. The van der Waals surface area contributed by atoms with Gasteiger partial charge in [-0.05, 0) is 0 Å². The van der Waals surface area contributed by atoms with Crippen molar-refractivity contribution < 1.29 is 45.1 Å². The summed E-state index contributed by atoms with van der Waals surface area (Å²) in [5, 5.41) is 0. The first kappa shape index (κ1) is 40.5. The summed E-state index contributed by atoms with van der Waals surface area (Å²) >= 11 is -3.20. The molecule has 278 valence electrons. The topological polar surface area (TPSA) is 0 Å². The van der Waals surface area contributed by atoms with Gasteiger partial charge in [-0.3, -0.25) is 0 Å². The molecule has 0 radical (unpaired) electrons. The SMILES string of the molecule is CCCc1ccc(-c2cccc3c2C=C(C(C)(C)C)[CH]3[Zr+2]2([CH]3C(C(C)(C)C)=Cc4c(-c5ccc(CCC)cc5)cccc43)[CH]3CCCC[CH]32)cc1.[Cl-].[Cl-]. The van der Waals surface area contributed by atoms with Gasteiger partial charge in [0.1, 0.15) is 0 Å². The molecule has 8 rings (SSSR count). The Hall–Kier alpha value is -2.18. The van der Waals surface area contributed by atoms with Crippen LogP contribution in [0.1, 0.15) is 135 Å². The van der Waals surface area contributed by atoms with Crippen molar-refractivity contribution in [1.82, 2.24) is 0 Å². The zero-order chi connectivity index (χ0) is 35.7. The van der Waals surface area contributed by atoms with Crippen LogP contribution in [0.15, 0.2) is 96.1 Å². The van der Waals surface area contributed by atoms with E-state index in [0.717, 1.165) is 20.1 Å². The second kappa shape index (κ2) is 15.4. The molecule has 0 bridgehead atoms. The van der Waals surface area contributed by atoms with Gasteiger partial charge >= 0.3 is 316 Å². The van der Waals surface area contributed by atoms with E-state index >= 15 is 0 Å². The zero-order valence-corrected chi connectivity index (χ0v) is 37.4. The van der Waals surface area contributed by atoms with E-state index in [1.54, 1.807) is 22.3 Å². The first-order valence-corrected chi connectivity index (χ1v) is 26.0. The molecule has 0 nitrogen and oxygen atoms in total. The molecule has 3 aliphatic carbocycles. The second-order valence-corrected chi connectivity index (χ2v) is 30.0. The average molecular weight is 823 g/mol. The number of rotatable bonds is 8. The number of allylic oxidation sites excluding steroid dienone is 2. The van der Waals surface area contributed by atoms with E-state index in [1.807, 2.05) is 0 Å². The first-order valence-electron chi connectivity index (χ1n) is 20.4. The monoisotopic (exact) mass is 820 g/mol. The maximum absolute atomic E-state index is 3.20. The molecular formula is C50H60Cl2Zr. The molecule has 2 fully saturated rings. The fourth-order valence-corrected chi connectivity index (χ4v) is 35.3. The fraction of sp³-hybridized carbons (Fsp3) is 0.440. The zero-order valence-electron chi connectivity index (χ0n) is 33.5. The summed E-state index contributed by atoms with van der Waals surface area (Å²) in [7, 11) is 0. The minimum atomic E-state index is -3.20. The smallest absolute Gasteiger partial charge is 1.00 e. The Labute approximate surface area is 338 Å². The molecule has 53 heavy (non-hydrogen) atoms. The summed E-state index contributed by atoms with van der Waals surface area (Å²) in [6.07, 6.45) is 15.9. The van der Waals surface area contributed by atoms with Gasteiger partial charge in [-0.25, -0.2) is 0 Å². The average Bonchev–Trinajstić information content (AvgIpc) is 3.37. The van der Waals surface area contributed by atoms with Gasteiger partial charge in [0, 0.05) is 0 Å². The van der Waals surface area contributed by atoms with E-state index in [1.165, 1.54) is 83.0 Å². The third-order valence-electron chi connectivity index (χ3n) is 13.4. The van der Waals surface area contributed by atoms with Crippen molar-refractivity contribution in [2.75, 3.05) is 0 Å².